The first kappa shape index (κ1) is 19.9. The molecule has 3 aromatic rings. The molecular weight excluding hydrogens is 383 g/mol. The van der Waals surface area contributed by atoms with Gasteiger partial charge < -0.3 is 19.7 Å². The summed E-state index contributed by atoms with van der Waals surface area (Å²) in [5.41, 5.74) is 1.60. The largest absolute Gasteiger partial charge is 0.476 e. The van der Waals surface area contributed by atoms with Gasteiger partial charge in [0.15, 0.2) is 0 Å². The molecule has 1 atom stereocenters. The number of nitrogens with zero attached hydrogens (tertiary/aromatic N) is 1. The zero-order chi connectivity index (χ0) is 20.8. The van der Waals surface area contributed by atoms with Gasteiger partial charge in [0.05, 0.1) is 18.9 Å². The quantitative estimate of drug-likeness (QED) is 0.658. The van der Waals surface area contributed by atoms with Crippen LogP contribution >= 0.6 is 0 Å². The van der Waals surface area contributed by atoms with E-state index in [1.807, 2.05) is 53.4 Å². The van der Waals surface area contributed by atoms with E-state index in [0.29, 0.717) is 49.0 Å². The molecule has 4 rings (SSSR count). The van der Waals surface area contributed by atoms with Gasteiger partial charge in [0.1, 0.15) is 11.6 Å². The maximum atomic E-state index is 14.7. The van der Waals surface area contributed by atoms with E-state index >= 15 is 0 Å². The van der Waals surface area contributed by atoms with Crippen molar-refractivity contribution in [3.8, 4) is 5.75 Å². The van der Waals surface area contributed by atoms with Crippen LogP contribution in [-0.2, 0) is 9.53 Å². The summed E-state index contributed by atoms with van der Waals surface area (Å²) < 4.78 is 26.0. The van der Waals surface area contributed by atoms with Crippen molar-refractivity contribution < 1.29 is 18.7 Å². The lowest BCUT2D eigenvalue weighted by molar-refractivity contribution is -0.123. The summed E-state index contributed by atoms with van der Waals surface area (Å²) in [5.74, 6) is -0.172. The number of hydrogen-bond acceptors (Lipinski definition) is 4. The lowest BCUT2D eigenvalue weighted by Gasteiger charge is -2.29. The number of halogens is 1. The number of rotatable bonds is 6. The van der Waals surface area contributed by atoms with Gasteiger partial charge in [-0.2, -0.15) is 0 Å². The molecule has 5 nitrogen and oxygen atoms in total. The number of morpholine rings is 1. The molecule has 0 bridgehead atoms. The van der Waals surface area contributed by atoms with Crippen molar-refractivity contribution in [2.24, 2.45) is 0 Å². The zero-order valence-electron chi connectivity index (χ0n) is 16.5. The molecule has 1 aliphatic heterocycles. The Morgan fingerprint density at radius 2 is 1.63 bits per heavy atom. The molecule has 154 valence electrons. The summed E-state index contributed by atoms with van der Waals surface area (Å²) in [6.45, 7) is 2.44. The first-order valence-electron chi connectivity index (χ1n) is 9.90. The Morgan fingerprint density at radius 3 is 2.30 bits per heavy atom. The topological polar surface area (TPSA) is 50.8 Å². The molecule has 1 saturated heterocycles. The Kier molecular flexibility index (Phi) is 6.25. The first-order chi connectivity index (χ1) is 14.7. The average molecular weight is 406 g/mol. The van der Waals surface area contributed by atoms with E-state index in [4.69, 9.17) is 9.47 Å². The van der Waals surface area contributed by atoms with Gasteiger partial charge in [0.25, 0.3) is 5.91 Å². The predicted octanol–water partition coefficient (Wildman–Crippen LogP) is 4.42. The van der Waals surface area contributed by atoms with Gasteiger partial charge in [0.2, 0.25) is 6.10 Å². The second-order valence-electron chi connectivity index (χ2n) is 6.98. The van der Waals surface area contributed by atoms with Crippen LogP contribution in [-0.4, -0.2) is 32.2 Å². The number of ether oxygens (including phenoxy) is 2. The lowest BCUT2D eigenvalue weighted by atomic mass is 10.1. The number of anilines is 2. The fraction of sp³-hybridized carbons (Fsp3) is 0.208. The molecule has 3 aromatic carbocycles. The molecule has 6 heteroatoms. The van der Waals surface area contributed by atoms with Crippen molar-refractivity contribution in [1.29, 1.82) is 0 Å². The molecular formula is C24H23FN2O3. The number of amides is 1. The van der Waals surface area contributed by atoms with Crippen LogP contribution in [0.1, 0.15) is 11.7 Å². The van der Waals surface area contributed by atoms with Crippen molar-refractivity contribution in [3.63, 3.8) is 0 Å². The number of carbonyl (C=O) groups excluding carboxylic acids is 1. The smallest absolute Gasteiger partial charge is 0.270 e. The first-order valence-corrected chi connectivity index (χ1v) is 9.90. The van der Waals surface area contributed by atoms with Crippen LogP contribution in [0.25, 0.3) is 0 Å². The molecule has 0 radical (unpaired) electrons. The number of hydrogen-bond donors (Lipinski definition) is 1. The normalized spacial score (nSPS) is 14.8. The standard InChI is InChI=1S/C24H23FN2O3/c25-21-17-19(11-12-22(21)27-13-15-29-16-14-27)26-24(28)23(18-7-3-1-4-8-18)30-20-9-5-2-6-10-20/h1-12,17,23H,13-16H2,(H,26,28). The number of para-hydroxylation sites is 1. The number of nitrogens with one attached hydrogen (secondary N) is 1. The second kappa shape index (κ2) is 9.41. The zero-order valence-corrected chi connectivity index (χ0v) is 16.5. The molecule has 0 spiro atoms. The van der Waals surface area contributed by atoms with Gasteiger partial charge in [0, 0.05) is 24.3 Å². The summed E-state index contributed by atoms with van der Waals surface area (Å²) >= 11 is 0. The highest BCUT2D eigenvalue weighted by Gasteiger charge is 2.23. The minimum Gasteiger partial charge on any atom is -0.476 e. The summed E-state index contributed by atoms with van der Waals surface area (Å²) in [4.78, 5) is 15.0. The molecule has 1 N–H and O–H groups in total. The third kappa shape index (κ3) is 4.78. The summed E-state index contributed by atoms with van der Waals surface area (Å²) in [6.07, 6.45) is -0.865. The fourth-order valence-corrected chi connectivity index (χ4v) is 3.39. The Balaban J connectivity index is 1.52. The van der Waals surface area contributed by atoms with Crippen LogP contribution in [0.3, 0.4) is 0 Å². The summed E-state index contributed by atoms with van der Waals surface area (Å²) in [7, 11) is 0. The van der Waals surface area contributed by atoms with Crippen LogP contribution in [0.15, 0.2) is 78.9 Å². The molecule has 1 heterocycles. The van der Waals surface area contributed by atoms with Gasteiger partial charge in [-0.25, -0.2) is 4.39 Å². The van der Waals surface area contributed by atoms with Gasteiger partial charge in [-0.1, -0.05) is 48.5 Å². The highest BCUT2D eigenvalue weighted by atomic mass is 19.1. The Bertz CT molecular complexity index is 976. The van der Waals surface area contributed by atoms with Gasteiger partial charge >= 0.3 is 0 Å². The average Bonchev–Trinajstić information content (AvgIpc) is 2.79. The van der Waals surface area contributed by atoms with Crippen molar-refractivity contribution in [2.45, 2.75) is 6.10 Å². The van der Waals surface area contributed by atoms with E-state index in [2.05, 4.69) is 5.32 Å². The third-order valence-corrected chi connectivity index (χ3v) is 4.90. The van der Waals surface area contributed by atoms with Gasteiger partial charge in [-0.05, 0) is 30.3 Å². The van der Waals surface area contributed by atoms with Crippen molar-refractivity contribution >= 4 is 17.3 Å². The van der Waals surface area contributed by atoms with E-state index in [0.717, 1.165) is 0 Å². The SMILES string of the molecule is O=C(Nc1ccc(N2CCOCC2)c(F)c1)C(Oc1ccccc1)c1ccccc1. The van der Waals surface area contributed by atoms with E-state index < -0.39 is 6.10 Å². The van der Waals surface area contributed by atoms with E-state index in [1.165, 1.54) is 6.07 Å². The van der Waals surface area contributed by atoms with Crippen molar-refractivity contribution in [3.05, 3.63) is 90.2 Å². The van der Waals surface area contributed by atoms with Crippen LogP contribution in [0, 0.1) is 5.82 Å². The molecule has 30 heavy (non-hydrogen) atoms. The van der Waals surface area contributed by atoms with Crippen LogP contribution in [0.2, 0.25) is 0 Å². The minimum atomic E-state index is -0.865. The molecule has 0 aliphatic carbocycles. The second-order valence-corrected chi connectivity index (χ2v) is 6.98. The predicted molar refractivity (Wildman–Crippen MR) is 114 cm³/mol. The van der Waals surface area contributed by atoms with Crippen LogP contribution in [0.4, 0.5) is 15.8 Å². The number of benzene rings is 3. The third-order valence-electron chi connectivity index (χ3n) is 4.90. The monoisotopic (exact) mass is 406 g/mol. The molecule has 0 saturated carbocycles. The molecule has 0 aromatic heterocycles. The van der Waals surface area contributed by atoms with E-state index in [1.54, 1.807) is 24.3 Å². The highest BCUT2D eigenvalue weighted by Crippen LogP contribution is 2.26. The highest BCUT2D eigenvalue weighted by molar-refractivity contribution is 5.95. The fourth-order valence-electron chi connectivity index (χ4n) is 3.39. The van der Waals surface area contributed by atoms with Crippen molar-refractivity contribution in [2.75, 3.05) is 36.5 Å². The van der Waals surface area contributed by atoms with Crippen molar-refractivity contribution in [1.82, 2.24) is 0 Å². The van der Waals surface area contributed by atoms with E-state index in [9.17, 15) is 9.18 Å². The van der Waals surface area contributed by atoms with Gasteiger partial charge in [-0.3, -0.25) is 4.79 Å². The maximum Gasteiger partial charge on any atom is 0.270 e. The molecule has 1 fully saturated rings. The van der Waals surface area contributed by atoms with Crippen LogP contribution in [0.5, 0.6) is 5.75 Å². The number of carbonyl (C=O) groups is 1. The Labute approximate surface area is 175 Å². The molecule has 1 aliphatic rings. The Morgan fingerprint density at radius 1 is 0.967 bits per heavy atom. The van der Waals surface area contributed by atoms with E-state index in [-0.39, 0.29) is 11.7 Å². The summed E-state index contributed by atoms with van der Waals surface area (Å²) in [6, 6.07) is 23.1. The molecule has 1 amide bonds. The molecule has 1 unspecified atom stereocenters. The maximum absolute atomic E-state index is 14.7. The lowest BCUT2D eigenvalue weighted by Crippen LogP contribution is -2.36. The van der Waals surface area contributed by atoms with Gasteiger partial charge in [-0.15, -0.1) is 0 Å². The minimum absolute atomic E-state index is 0.372. The summed E-state index contributed by atoms with van der Waals surface area (Å²) in [5, 5.41) is 2.78. The Hall–Kier alpha value is -3.38. The van der Waals surface area contributed by atoms with Crippen LogP contribution < -0.4 is 15.0 Å².